The summed E-state index contributed by atoms with van der Waals surface area (Å²) in [5.74, 6) is -0.832. The first-order valence-electron chi connectivity index (χ1n) is 7.73. The molecule has 2 N–H and O–H groups in total. The SMILES string of the molecule is O=C(C=Cc1ccc(F)cc1)NCCNS(=O)(=O)c1cccc([N+](=O)[O-])c1. The van der Waals surface area contributed by atoms with Gasteiger partial charge >= 0.3 is 0 Å². The molecule has 0 fully saturated rings. The van der Waals surface area contributed by atoms with Crippen molar-refractivity contribution >= 4 is 27.7 Å². The highest BCUT2D eigenvalue weighted by Crippen LogP contribution is 2.16. The lowest BCUT2D eigenvalue weighted by Gasteiger charge is -2.07. The summed E-state index contributed by atoms with van der Waals surface area (Å²) in [5, 5.41) is 13.2. The molecule has 0 aliphatic heterocycles. The van der Waals surface area contributed by atoms with Crippen molar-refractivity contribution in [2.45, 2.75) is 4.90 Å². The standard InChI is InChI=1S/C17H16FN3O5S/c18-14-7-4-13(5-8-14)6-9-17(22)19-10-11-20-27(25,26)16-3-1-2-15(12-16)21(23)24/h1-9,12,20H,10-11H2,(H,19,22). The largest absolute Gasteiger partial charge is 0.351 e. The van der Waals surface area contributed by atoms with Crippen LogP contribution in [0.5, 0.6) is 0 Å². The van der Waals surface area contributed by atoms with Gasteiger partial charge < -0.3 is 5.32 Å². The van der Waals surface area contributed by atoms with E-state index in [2.05, 4.69) is 10.0 Å². The molecule has 2 aromatic rings. The van der Waals surface area contributed by atoms with Crippen molar-refractivity contribution in [3.05, 3.63) is 76.1 Å². The minimum atomic E-state index is -3.93. The number of rotatable bonds is 8. The van der Waals surface area contributed by atoms with E-state index in [4.69, 9.17) is 0 Å². The van der Waals surface area contributed by atoms with E-state index in [1.54, 1.807) is 0 Å². The van der Waals surface area contributed by atoms with Gasteiger partial charge in [0.2, 0.25) is 15.9 Å². The number of nitrogens with zero attached hydrogens (tertiary/aromatic N) is 1. The molecule has 8 nitrogen and oxygen atoms in total. The highest BCUT2D eigenvalue weighted by Gasteiger charge is 2.16. The lowest BCUT2D eigenvalue weighted by Crippen LogP contribution is -2.34. The highest BCUT2D eigenvalue weighted by atomic mass is 32.2. The molecule has 1 amide bonds. The average molecular weight is 393 g/mol. The number of carbonyl (C=O) groups is 1. The molecule has 0 radical (unpaired) electrons. The number of nitrogens with one attached hydrogen (secondary N) is 2. The van der Waals surface area contributed by atoms with E-state index in [1.165, 1.54) is 54.6 Å². The summed E-state index contributed by atoms with van der Waals surface area (Å²) in [5.41, 5.74) is 0.301. The Hall–Kier alpha value is -3.11. The third-order valence-electron chi connectivity index (χ3n) is 3.35. The number of carbonyl (C=O) groups excluding carboxylic acids is 1. The molecule has 0 unspecified atom stereocenters. The van der Waals surface area contributed by atoms with Crippen LogP contribution in [0.4, 0.5) is 10.1 Å². The fraction of sp³-hybridized carbons (Fsp3) is 0.118. The van der Waals surface area contributed by atoms with Gasteiger partial charge in [-0.2, -0.15) is 0 Å². The van der Waals surface area contributed by atoms with E-state index < -0.39 is 20.9 Å². The zero-order valence-electron chi connectivity index (χ0n) is 14.0. The van der Waals surface area contributed by atoms with E-state index in [0.29, 0.717) is 5.56 Å². The Morgan fingerprint density at radius 2 is 1.85 bits per heavy atom. The predicted octanol–water partition coefficient (Wildman–Crippen LogP) is 1.84. The van der Waals surface area contributed by atoms with Crippen LogP contribution >= 0.6 is 0 Å². The maximum absolute atomic E-state index is 12.8. The molecule has 0 aliphatic carbocycles. The molecule has 0 saturated carbocycles. The van der Waals surface area contributed by atoms with Crippen molar-refractivity contribution in [3.8, 4) is 0 Å². The smallest absolute Gasteiger partial charge is 0.270 e. The van der Waals surface area contributed by atoms with Crippen LogP contribution in [0, 0.1) is 15.9 Å². The molecule has 0 aromatic heterocycles. The zero-order chi connectivity index (χ0) is 19.9. The fourth-order valence-electron chi connectivity index (χ4n) is 2.02. The number of sulfonamides is 1. The number of hydrogen-bond donors (Lipinski definition) is 2. The lowest BCUT2D eigenvalue weighted by molar-refractivity contribution is -0.385. The molecule has 0 bridgehead atoms. The quantitative estimate of drug-likeness (QED) is 0.307. The fourth-order valence-corrected chi connectivity index (χ4v) is 3.09. The topological polar surface area (TPSA) is 118 Å². The third-order valence-corrected chi connectivity index (χ3v) is 4.81. The molecule has 0 heterocycles. The second kappa shape index (κ2) is 9.01. The van der Waals surface area contributed by atoms with Gasteiger partial charge in [0, 0.05) is 31.3 Å². The Kier molecular flexibility index (Phi) is 6.74. The summed E-state index contributed by atoms with van der Waals surface area (Å²) in [6.07, 6.45) is 2.73. The van der Waals surface area contributed by atoms with Gasteiger partial charge in [-0.1, -0.05) is 18.2 Å². The Balaban J connectivity index is 1.83. The summed E-state index contributed by atoms with van der Waals surface area (Å²) < 4.78 is 39.2. The summed E-state index contributed by atoms with van der Waals surface area (Å²) in [4.78, 5) is 21.5. The molecule has 2 rings (SSSR count). The maximum atomic E-state index is 12.8. The molecule has 0 spiro atoms. The normalized spacial score (nSPS) is 11.4. The van der Waals surface area contributed by atoms with Gasteiger partial charge in [0.25, 0.3) is 5.69 Å². The summed E-state index contributed by atoms with van der Waals surface area (Å²) >= 11 is 0. The number of benzene rings is 2. The molecular weight excluding hydrogens is 377 g/mol. The molecule has 0 atom stereocenters. The van der Waals surface area contributed by atoms with Crippen LogP contribution in [-0.4, -0.2) is 32.3 Å². The lowest BCUT2D eigenvalue weighted by atomic mass is 10.2. The molecule has 10 heteroatoms. The minimum Gasteiger partial charge on any atom is -0.351 e. The Morgan fingerprint density at radius 1 is 1.15 bits per heavy atom. The van der Waals surface area contributed by atoms with Crippen LogP contribution in [0.1, 0.15) is 5.56 Å². The van der Waals surface area contributed by atoms with Crippen LogP contribution in [0.3, 0.4) is 0 Å². The average Bonchev–Trinajstić information content (AvgIpc) is 2.65. The Labute approximate surface area is 154 Å². The number of halogens is 1. The molecular formula is C17H16FN3O5S. The molecule has 27 heavy (non-hydrogen) atoms. The number of hydrogen-bond acceptors (Lipinski definition) is 5. The maximum Gasteiger partial charge on any atom is 0.270 e. The Morgan fingerprint density at radius 3 is 2.52 bits per heavy atom. The second-order valence-electron chi connectivity index (χ2n) is 5.33. The summed E-state index contributed by atoms with van der Waals surface area (Å²) in [7, 11) is -3.93. The van der Waals surface area contributed by atoms with Gasteiger partial charge in [0.15, 0.2) is 0 Å². The van der Waals surface area contributed by atoms with Crippen LogP contribution < -0.4 is 10.0 Å². The third kappa shape index (κ3) is 6.28. The van der Waals surface area contributed by atoms with Gasteiger partial charge in [0.1, 0.15) is 5.82 Å². The first kappa shape index (κ1) is 20.2. The second-order valence-corrected chi connectivity index (χ2v) is 7.10. The Bertz CT molecular complexity index is 959. The van der Waals surface area contributed by atoms with Crippen molar-refractivity contribution in [1.82, 2.24) is 10.0 Å². The van der Waals surface area contributed by atoms with E-state index in [0.717, 1.165) is 6.07 Å². The van der Waals surface area contributed by atoms with Crippen molar-refractivity contribution in [3.63, 3.8) is 0 Å². The van der Waals surface area contributed by atoms with E-state index in [1.807, 2.05) is 0 Å². The molecule has 0 saturated heterocycles. The van der Waals surface area contributed by atoms with E-state index >= 15 is 0 Å². The van der Waals surface area contributed by atoms with E-state index in [9.17, 15) is 27.7 Å². The predicted molar refractivity (Wildman–Crippen MR) is 96.7 cm³/mol. The summed E-state index contributed by atoms with van der Waals surface area (Å²) in [6.45, 7) is -0.0814. The van der Waals surface area contributed by atoms with Crippen molar-refractivity contribution < 1.29 is 22.5 Å². The van der Waals surface area contributed by atoms with Crippen LogP contribution in [0.15, 0.2) is 59.5 Å². The van der Waals surface area contributed by atoms with Gasteiger partial charge in [-0.25, -0.2) is 17.5 Å². The monoisotopic (exact) mass is 393 g/mol. The first-order valence-corrected chi connectivity index (χ1v) is 9.22. The van der Waals surface area contributed by atoms with Gasteiger partial charge in [-0.15, -0.1) is 0 Å². The van der Waals surface area contributed by atoms with Crippen molar-refractivity contribution in [2.75, 3.05) is 13.1 Å². The van der Waals surface area contributed by atoms with Crippen LogP contribution in [0.2, 0.25) is 0 Å². The van der Waals surface area contributed by atoms with Gasteiger partial charge in [-0.05, 0) is 29.8 Å². The van der Waals surface area contributed by atoms with E-state index in [-0.39, 0.29) is 29.5 Å². The van der Waals surface area contributed by atoms with Crippen molar-refractivity contribution in [2.24, 2.45) is 0 Å². The first-order chi connectivity index (χ1) is 12.8. The number of nitro benzene ring substituents is 1. The highest BCUT2D eigenvalue weighted by molar-refractivity contribution is 7.89. The molecule has 142 valence electrons. The van der Waals surface area contributed by atoms with Crippen molar-refractivity contribution in [1.29, 1.82) is 0 Å². The zero-order valence-corrected chi connectivity index (χ0v) is 14.8. The number of non-ortho nitro benzene ring substituents is 1. The van der Waals surface area contributed by atoms with Gasteiger partial charge in [0.05, 0.1) is 9.82 Å². The van der Waals surface area contributed by atoms with Gasteiger partial charge in [-0.3, -0.25) is 14.9 Å². The summed E-state index contributed by atoms with van der Waals surface area (Å²) in [6, 6.07) is 10.2. The minimum absolute atomic E-state index is 0.0146. The number of nitro groups is 1. The van der Waals surface area contributed by atoms with Crippen LogP contribution in [0.25, 0.3) is 6.08 Å². The number of amides is 1. The molecule has 2 aromatic carbocycles. The molecule has 0 aliphatic rings. The van der Waals surface area contributed by atoms with Crippen LogP contribution in [-0.2, 0) is 14.8 Å².